The molecule has 0 aliphatic rings. The minimum absolute atomic E-state index is 0.157. The van der Waals surface area contributed by atoms with Gasteiger partial charge in [-0.1, -0.05) is 34.1 Å². The normalized spacial score (nSPS) is 14.9. The van der Waals surface area contributed by atoms with E-state index in [1.54, 1.807) is 0 Å². The smallest absolute Gasteiger partial charge is 0.323 e. The Morgan fingerprint density at radius 2 is 1.88 bits per heavy atom. The molecule has 0 aromatic heterocycles. The second-order valence-corrected chi connectivity index (χ2v) is 4.55. The molecule has 4 heteroatoms. The molecule has 0 radical (unpaired) electrons. The number of carbonyl (C=O) groups excluding carboxylic acids is 1. The van der Waals surface area contributed by atoms with Crippen molar-refractivity contribution < 1.29 is 14.3 Å². The van der Waals surface area contributed by atoms with Gasteiger partial charge in [0.05, 0.1) is 6.61 Å². The van der Waals surface area contributed by atoms with Crippen LogP contribution in [0.3, 0.4) is 0 Å². The zero-order valence-electron chi connectivity index (χ0n) is 10.9. The van der Waals surface area contributed by atoms with Gasteiger partial charge in [0.2, 0.25) is 0 Å². The monoisotopic (exact) mass is 231 g/mol. The quantitative estimate of drug-likeness (QED) is 0.509. The summed E-state index contributed by atoms with van der Waals surface area (Å²) in [6, 6.07) is -0.518. The molecule has 0 unspecified atom stereocenters. The van der Waals surface area contributed by atoms with Crippen LogP contribution in [0.15, 0.2) is 0 Å². The van der Waals surface area contributed by atoms with Crippen LogP contribution in [0.2, 0.25) is 0 Å². The van der Waals surface area contributed by atoms with Gasteiger partial charge in [0.1, 0.15) is 12.6 Å². The maximum absolute atomic E-state index is 11.4. The van der Waals surface area contributed by atoms with E-state index < -0.39 is 6.04 Å². The van der Waals surface area contributed by atoms with Crippen LogP contribution in [0.1, 0.15) is 34.1 Å². The average molecular weight is 231 g/mol. The Kier molecular flexibility index (Phi) is 8.21. The van der Waals surface area contributed by atoms with Crippen molar-refractivity contribution >= 4 is 5.97 Å². The topological polar surface area (TPSA) is 61.6 Å². The first-order valence-corrected chi connectivity index (χ1v) is 5.99. The summed E-state index contributed by atoms with van der Waals surface area (Å²) in [5, 5.41) is 0. The second-order valence-electron chi connectivity index (χ2n) is 4.55. The van der Waals surface area contributed by atoms with Gasteiger partial charge < -0.3 is 15.2 Å². The molecule has 2 atom stereocenters. The molecule has 0 fully saturated rings. The van der Waals surface area contributed by atoms with Crippen LogP contribution in [0, 0.1) is 11.8 Å². The molecular weight excluding hydrogens is 206 g/mol. The van der Waals surface area contributed by atoms with Crippen molar-refractivity contribution in [2.24, 2.45) is 17.6 Å². The predicted octanol–water partition coefficient (Wildman–Crippen LogP) is 1.58. The first-order chi connectivity index (χ1) is 7.49. The molecule has 0 saturated heterocycles. The maximum Gasteiger partial charge on any atom is 0.323 e. The molecule has 0 aliphatic carbocycles. The van der Waals surface area contributed by atoms with Crippen LogP contribution in [0.5, 0.6) is 0 Å². The van der Waals surface area contributed by atoms with Gasteiger partial charge in [-0.15, -0.1) is 0 Å². The summed E-state index contributed by atoms with van der Waals surface area (Å²) in [5.74, 6) is 0.324. The van der Waals surface area contributed by atoms with Crippen molar-refractivity contribution in [3.05, 3.63) is 0 Å². The molecule has 96 valence electrons. The summed E-state index contributed by atoms with van der Waals surface area (Å²) in [6.45, 7) is 9.52. The van der Waals surface area contributed by atoms with Gasteiger partial charge in [-0.3, -0.25) is 4.79 Å². The number of esters is 1. The fourth-order valence-corrected chi connectivity index (χ4v) is 1.10. The number of hydrogen-bond donors (Lipinski definition) is 1. The highest BCUT2D eigenvalue weighted by atomic mass is 16.6. The van der Waals surface area contributed by atoms with Crippen molar-refractivity contribution in [3.8, 4) is 0 Å². The molecule has 0 amide bonds. The minimum Gasteiger partial charge on any atom is -0.462 e. The highest BCUT2D eigenvalue weighted by Crippen LogP contribution is 2.06. The second kappa shape index (κ2) is 8.53. The fourth-order valence-electron chi connectivity index (χ4n) is 1.10. The molecule has 0 spiro atoms. The molecular formula is C12H25NO3. The van der Waals surface area contributed by atoms with Crippen LogP contribution >= 0.6 is 0 Å². The zero-order valence-corrected chi connectivity index (χ0v) is 10.9. The van der Waals surface area contributed by atoms with E-state index in [-0.39, 0.29) is 18.5 Å². The minimum atomic E-state index is -0.518. The summed E-state index contributed by atoms with van der Waals surface area (Å²) in [5.41, 5.74) is 5.72. The summed E-state index contributed by atoms with van der Waals surface area (Å²) in [7, 11) is 0. The van der Waals surface area contributed by atoms with E-state index in [1.165, 1.54) is 0 Å². The lowest BCUT2D eigenvalue weighted by atomic mass is 10.0. The van der Waals surface area contributed by atoms with Gasteiger partial charge in [0.15, 0.2) is 0 Å². The molecule has 0 rings (SSSR count). The van der Waals surface area contributed by atoms with Gasteiger partial charge >= 0.3 is 5.97 Å². The Hall–Kier alpha value is -0.610. The molecule has 0 bridgehead atoms. The lowest BCUT2D eigenvalue weighted by Gasteiger charge is -2.16. The molecule has 2 N–H and O–H groups in total. The van der Waals surface area contributed by atoms with Crippen molar-refractivity contribution in [2.45, 2.75) is 40.2 Å². The van der Waals surface area contributed by atoms with E-state index in [9.17, 15) is 4.79 Å². The number of rotatable bonds is 8. The van der Waals surface area contributed by atoms with Crippen LogP contribution in [-0.2, 0) is 14.3 Å². The highest BCUT2D eigenvalue weighted by Gasteiger charge is 2.20. The van der Waals surface area contributed by atoms with Gasteiger partial charge in [-0.05, 0) is 11.8 Å². The molecule has 0 aromatic rings. The van der Waals surface area contributed by atoms with Crippen LogP contribution < -0.4 is 5.73 Å². The van der Waals surface area contributed by atoms with Crippen LogP contribution in [-0.4, -0.2) is 31.8 Å². The van der Waals surface area contributed by atoms with E-state index >= 15 is 0 Å². The number of carbonyl (C=O) groups is 1. The fraction of sp³-hybridized carbons (Fsp3) is 0.917. The maximum atomic E-state index is 11.4. The van der Waals surface area contributed by atoms with Crippen molar-refractivity contribution in [1.29, 1.82) is 0 Å². The lowest BCUT2D eigenvalue weighted by molar-refractivity contribution is -0.148. The third kappa shape index (κ3) is 6.80. The highest BCUT2D eigenvalue weighted by molar-refractivity contribution is 5.75. The number of nitrogens with two attached hydrogens (primary N) is 1. The van der Waals surface area contributed by atoms with Gasteiger partial charge in [-0.25, -0.2) is 0 Å². The van der Waals surface area contributed by atoms with E-state index in [4.69, 9.17) is 15.2 Å². The van der Waals surface area contributed by atoms with Crippen LogP contribution in [0.25, 0.3) is 0 Å². The standard InChI is InChI=1S/C12H25NO3/c1-5-10(4)11(13)12(14)16-7-6-15-8-9(2)3/h9-11H,5-8,13H2,1-4H3/t10-,11-/m0/s1. The first kappa shape index (κ1) is 15.4. The van der Waals surface area contributed by atoms with E-state index in [0.29, 0.717) is 19.1 Å². The van der Waals surface area contributed by atoms with Crippen molar-refractivity contribution in [2.75, 3.05) is 19.8 Å². The largest absolute Gasteiger partial charge is 0.462 e. The average Bonchev–Trinajstić information content (AvgIpc) is 2.25. The van der Waals surface area contributed by atoms with E-state index in [1.807, 2.05) is 13.8 Å². The van der Waals surface area contributed by atoms with Crippen molar-refractivity contribution in [3.63, 3.8) is 0 Å². The van der Waals surface area contributed by atoms with Crippen LogP contribution in [0.4, 0.5) is 0 Å². The Bertz CT molecular complexity index is 195. The van der Waals surface area contributed by atoms with Gasteiger partial charge in [0.25, 0.3) is 0 Å². The Labute approximate surface area is 98.5 Å². The number of ether oxygens (including phenoxy) is 2. The first-order valence-electron chi connectivity index (χ1n) is 5.99. The third-order valence-electron chi connectivity index (χ3n) is 2.45. The lowest BCUT2D eigenvalue weighted by Crippen LogP contribution is -2.38. The predicted molar refractivity (Wildman–Crippen MR) is 64.0 cm³/mol. The molecule has 16 heavy (non-hydrogen) atoms. The Balaban J connectivity index is 3.57. The summed E-state index contributed by atoms with van der Waals surface area (Å²) >= 11 is 0. The molecule has 0 aliphatic heterocycles. The zero-order chi connectivity index (χ0) is 12.6. The summed E-state index contributed by atoms with van der Waals surface area (Å²) < 4.78 is 10.3. The molecule has 0 aromatic carbocycles. The summed E-state index contributed by atoms with van der Waals surface area (Å²) in [6.07, 6.45) is 0.875. The summed E-state index contributed by atoms with van der Waals surface area (Å²) in [4.78, 5) is 11.4. The van der Waals surface area contributed by atoms with E-state index in [0.717, 1.165) is 6.42 Å². The van der Waals surface area contributed by atoms with Gasteiger partial charge in [0, 0.05) is 6.61 Å². The number of hydrogen-bond acceptors (Lipinski definition) is 4. The van der Waals surface area contributed by atoms with Gasteiger partial charge in [-0.2, -0.15) is 0 Å². The van der Waals surface area contributed by atoms with E-state index in [2.05, 4.69) is 13.8 Å². The SMILES string of the molecule is CC[C@H](C)[C@H](N)C(=O)OCCOCC(C)C. The molecule has 0 heterocycles. The Morgan fingerprint density at radius 1 is 1.25 bits per heavy atom. The molecule has 4 nitrogen and oxygen atoms in total. The van der Waals surface area contributed by atoms with Crippen molar-refractivity contribution in [1.82, 2.24) is 0 Å². The third-order valence-corrected chi connectivity index (χ3v) is 2.45. The molecule has 0 saturated carbocycles. The Morgan fingerprint density at radius 3 is 2.38 bits per heavy atom.